The van der Waals surface area contributed by atoms with E-state index in [4.69, 9.17) is 16.3 Å². The summed E-state index contributed by atoms with van der Waals surface area (Å²) in [5.41, 5.74) is 1.10. The average molecular weight is 278 g/mol. The van der Waals surface area contributed by atoms with E-state index in [0.717, 1.165) is 17.1 Å². The first-order chi connectivity index (χ1) is 9.10. The molecular weight excluding hydrogens is 262 g/mol. The topological polar surface area (TPSA) is 38.2 Å². The summed E-state index contributed by atoms with van der Waals surface area (Å²) in [5, 5.41) is 0.453. The minimum atomic E-state index is 0.453. The summed E-state index contributed by atoms with van der Waals surface area (Å²) in [6.07, 6.45) is 0. The molecule has 0 spiro atoms. The predicted octanol–water partition coefficient (Wildman–Crippen LogP) is 3.08. The molecule has 0 aliphatic rings. The van der Waals surface area contributed by atoms with E-state index in [1.165, 1.54) is 0 Å². The first kappa shape index (κ1) is 13.6. The maximum Gasteiger partial charge on any atom is 0.134 e. The van der Waals surface area contributed by atoms with Crippen molar-refractivity contribution in [3.05, 3.63) is 46.9 Å². The number of rotatable bonds is 4. The monoisotopic (exact) mass is 277 g/mol. The van der Waals surface area contributed by atoms with Crippen molar-refractivity contribution in [3.8, 4) is 5.75 Å². The Morgan fingerprint density at radius 1 is 1.26 bits per heavy atom. The Kier molecular flexibility index (Phi) is 4.22. The quantitative estimate of drug-likeness (QED) is 0.805. The third kappa shape index (κ3) is 3.35. The van der Waals surface area contributed by atoms with Gasteiger partial charge in [-0.1, -0.05) is 29.8 Å². The fraction of sp³-hybridized carbons (Fsp3) is 0.286. The van der Waals surface area contributed by atoms with Crippen molar-refractivity contribution in [2.24, 2.45) is 0 Å². The molecule has 0 radical (unpaired) electrons. The van der Waals surface area contributed by atoms with Crippen LogP contribution in [-0.4, -0.2) is 24.1 Å². The van der Waals surface area contributed by atoms with Gasteiger partial charge in [-0.3, -0.25) is 0 Å². The lowest BCUT2D eigenvalue weighted by Gasteiger charge is -2.20. The molecule has 0 saturated heterocycles. The summed E-state index contributed by atoms with van der Waals surface area (Å²) in [4.78, 5) is 10.4. The highest BCUT2D eigenvalue weighted by atomic mass is 35.5. The van der Waals surface area contributed by atoms with E-state index in [1.807, 2.05) is 43.1 Å². The molecule has 0 atom stereocenters. The molecule has 1 aromatic heterocycles. The molecule has 100 valence electrons. The van der Waals surface area contributed by atoms with Crippen LogP contribution in [0.5, 0.6) is 5.75 Å². The summed E-state index contributed by atoms with van der Waals surface area (Å²) in [6.45, 7) is 2.52. The molecule has 0 amide bonds. The Morgan fingerprint density at radius 3 is 2.68 bits per heavy atom. The third-order valence-corrected chi connectivity index (χ3v) is 2.98. The second-order valence-electron chi connectivity index (χ2n) is 4.26. The van der Waals surface area contributed by atoms with Crippen LogP contribution in [0.3, 0.4) is 0 Å². The lowest BCUT2D eigenvalue weighted by atomic mass is 10.2. The molecule has 0 N–H and O–H groups in total. The Labute approximate surface area is 118 Å². The van der Waals surface area contributed by atoms with Gasteiger partial charge in [0, 0.05) is 25.2 Å². The van der Waals surface area contributed by atoms with E-state index in [-0.39, 0.29) is 0 Å². The molecule has 0 bridgehead atoms. The lowest BCUT2D eigenvalue weighted by Crippen LogP contribution is -2.18. The van der Waals surface area contributed by atoms with E-state index in [2.05, 4.69) is 9.97 Å². The van der Waals surface area contributed by atoms with Gasteiger partial charge in [-0.15, -0.1) is 0 Å². The maximum atomic E-state index is 5.95. The van der Waals surface area contributed by atoms with Crippen molar-refractivity contribution >= 4 is 17.4 Å². The number of para-hydroxylation sites is 1. The van der Waals surface area contributed by atoms with Crippen LogP contribution in [-0.2, 0) is 6.54 Å². The highest BCUT2D eigenvalue weighted by Gasteiger charge is 2.09. The van der Waals surface area contributed by atoms with Crippen LogP contribution in [0, 0.1) is 6.92 Å². The van der Waals surface area contributed by atoms with E-state index in [1.54, 1.807) is 13.2 Å². The summed E-state index contributed by atoms with van der Waals surface area (Å²) in [5.74, 6) is 2.32. The molecule has 0 unspecified atom stereocenters. The molecule has 4 nitrogen and oxygen atoms in total. The van der Waals surface area contributed by atoms with Crippen molar-refractivity contribution in [2.45, 2.75) is 13.5 Å². The van der Waals surface area contributed by atoms with Crippen molar-refractivity contribution in [3.63, 3.8) is 0 Å². The number of hydrogen-bond donors (Lipinski definition) is 0. The van der Waals surface area contributed by atoms with Gasteiger partial charge in [0.15, 0.2) is 0 Å². The van der Waals surface area contributed by atoms with Gasteiger partial charge in [0.2, 0.25) is 0 Å². The maximum absolute atomic E-state index is 5.95. The number of ether oxygens (including phenoxy) is 1. The van der Waals surface area contributed by atoms with Crippen molar-refractivity contribution in [1.29, 1.82) is 0 Å². The normalized spacial score (nSPS) is 10.3. The minimum absolute atomic E-state index is 0.453. The zero-order valence-corrected chi connectivity index (χ0v) is 12.0. The second kappa shape index (κ2) is 5.89. The zero-order valence-electron chi connectivity index (χ0n) is 11.2. The van der Waals surface area contributed by atoms with Crippen LogP contribution >= 0.6 is 11.6 Å². The Hall–Kier alpha value is -1.81. The van der Waals surface area contributed by atoms with Gasteiger partial charge in [-0.25, -0.2) is 9.97 Å². The van der Waals surface area contributed by atoms with Gasteiger partial charge in [0.05, 0.1) is 7.11 Å². The molecule has 1 aromatic carbocycles. The molecule has 2 aromatic rings. The van der Waals surface area contributed by atoms with Crippen LogP contribution in [0.25, 0.3) is 0 Å². The second-order valence-corrected chi connectivity index (χ2v) is 4.65. The Morgan fingerprint density at radius 2 is 2.00 bits per heavy atom. The Balaban J connectivity index is 2.22. The molecule has 1 heterocycles. The Bertz CT molecular complexity index is 554. The van der Waals surface area contributed by atoms with Crippen molar-refractivity contribution < 1.29 is 4.74 Å². The number of hydrogen-bond acceptors (Lipinski definition) is 4. The number of aryl methyl sites for hydroxylation is 1. The van der Waals surface area contributed by atoms with Crippen molar-refractivity contribution in [2.75, 3.05) is 19.1 Å². The molecule has 0 fully saturated rings. The SMILES string of the molecule is COc1ccccc1CN(C)c1cc(Cl)nc(C)n1. The smallest absolute Gasteiger partial charge is 0.134 e. The highest BCUT2D eigenvalue weighted by molar-refractivity contribution is 6.29. The summed E-state index contributed by atoms with van der Waals surface area (Å²) >= 11 is 5.95. The molecule has 0 aliphatic heterocycles. The molecule has 19 heavy (non-hydrogen) atoms. The summed E-state index contributed by atoms with van der Waals surface area (Å²) < 4.78 is 5.34. The van der Waals surface area contributed by atoms with Gasteiger partial charge in [0.1, 0.15) is 22.5 Å². The first-order valence-electron chi connectivity index (χ1n) is 5.94. The van der Waals surface area contributed by atoms with Gasteiger partial charge in [-0.2, -0.15) is 0 Å². The summed E-state index contributed by atoms with van der Waals surface area (Å²) in [6, 6.07) is 9.67. The van der Waals surface area contributed by atoms with Crippen LogP contribution < -0.4 is 9.64 Å². The first-order valence-corrected chi connectivity index (χ1v) is 6.32. The third-order valence-electron chi connectivity index (χ3n) is 2.78. The van der Waals surface area contributed by atoms with Gasteiger partial charge in [0.25, 0.3) is 0 Å². The number of benzene rings is 1. The minimum Gasteiger partial charge on any atom is -0.496 e. The number of anilines is 1. The van der Waals surface area contributed by atoms with E-state index < -0.39 is 0 Å². The van der Waals surface area contributed by atoms with Crippen LogP contribution in [0.15, 0.2) is 30.3 Å². The standard InChI is InChI=1S/C14H16ClN3O/c1-10-16-13(15)8-14(17-10)18(2)9-11-6-4-5-7-12(11)19-3/h4-8H,9H2,1-3H3. The number of nitrogens with zero attached hydrogens (tertiary/aromatic N) is 3. The predicted molar refractivity (Wildman–Crippen MR) is 76.9 cm³/mol. The van der Waals surface area contributed by atoms with Crippen LogP contribution in [0.4, 0.5) is 5.82 Å². The molecule has 0 aliphatic carbocycles. The molecule has 5 heteroatoms. The lowest BCUT2D eigenvalue weighted by molar-refractivity contribution is 0.409. The molecule has 0 saturated carbocycles. The van der Waals surface area contributed by atoms with E-state index >= 15 is 0 Å². The average Bonchev–Trinajstić information content (AvgIpc) is 2.38. The van der Waals surface area contributed by atoms with Gasteiger partial charge in [-0.05, 0) is 13.0 Å². The van der Waals surface area contributed by atoms with E-state index in [0.29, 0.717) is 17.5 Å². The van der Waals surface area contributed by atoms with Gasteiger partial charge >= 0.3 is 0 Å². The zero-order chi connectivity index (χ0) is 13.8. The number of methoxy groups -OCH3 is 1. The largest absolute Gasteiger partial charge is 0.496 e. The number of aromatic nitrogens is 2. The highest BCUT2D eigenvalue weighted by Crippen LogP contribution is 2.22. The molecular formula is C14H16ClN3O. The van der Waals surface area contributed by atoms with Crippen LogP contribution in [0.1, 0.15) is 11.4 Å². The van der Waals surface area contributed by atoms with Crippen LogP contribution in [0.2, 0.25) is 5.15 Å². The summed E-state index contributed by atoms with van der Waals surface area (Å²) in [7, 11) is 3.63. The van der Waals surface area contributed by atoms with Crippen molar-refractivity contribution in [1.82, 2.24) is 9.97 Å². The fourth-order valence-corrected chi connectivity index (χ4v) is 2.10. The van der Waals surface area contributed by atoms with Gasteiger partial charge < -0.3 is 9.64 Å². The number of halogens is 1. The van der Waals surface area contributed by atoms with E-state index in [9.17, 15) is 0 Å². The molecule has 2 rings (SSSR count). The fourth-order valence-electron chi connectivity index (χ4n) is 1.88.